The Morgan fingerprint density at radius 3 is 2.70 bits per heavy atom. The molecule has 0 aliphatic rings. The summed E-state index contributed by atoms with van der Waals surface area (Å²) in [5, 5.41) is 0. The van der Waals surface area contributed by atoms with E-state index in [2.05, 4.69) is 0 Å². The maximum Gasteiger partial charge on any atom is 0.173 e. The van der Waals surface area contributed by atoms with E-state index in [0.717, 1.165) is 6.42 Å². The van der Waals surface area contributed by atoms with Crippen LogP contribution >= 0.6 is 11.6 Å². The molecule has 60 valence electrons. The van der Waals surface area contributed by atoms with Crippen molar-refractivity contribution in [2.45, 2.75) is 26.4 Å². The van der Waals surface area contributed by atoms with Crippen LogP contribution in [0.2, 0.25) is 0 Å². The maximum absolute atomic E-state index is 10.6. The molecule has 0 saturated carbocycles. The van der Waals surface area contributed by atoms with Gasteiger partial charge in [-0.3, -0.25) is 4.79 Å². The van der Waals surface area contributed by atoms with Gasteiger partial charge in [0, 0.05) is 0 Å². The minimum absolute atomic E-state index is 0.0520. The number of hydrogen-bond acceptors (Lipinski definition) is 2. The lowest BCUT2D eigenvalue weighted by molar-refractivity contribution is -0.122. The maximum atomic E-state index is 10.6. The molecule has 0 aromatic rings. The summed E-state index contributed by atoms with van der Waals surface area (Å²) in [4.78, 5) is 10.6. The molecule has 0 spiro atoms. The minimum Gasteiger partial charge on any atom is -0.371 e. The van der Waals surface area contributed by atoms with Gasteiger partial charge in [0.15, 0.2) is 5.78 Å². The van der Waals surface area contributed by atoms with Crippen molar-refractivity contribution in [1.29, 1.82) is 0 Å². The standard InChI is InChI=1S/C7H13ClO2/c1-3-6(2)10-5-7(9)4-8/h6H,3-5H2,1-2H3. The van der Waals surface area contributed by atoms with E-state index in [4.69, 9.17) is 16.3 Å². The highest BCUT2D eigenvalue weighted by Gasteiger charge is 2.02. The normalized spacial score (nSPS) is 13.1. The summed E-state index contributed by atoms with van der Waals surface area (Å²) in [5.41, 5.74) is 0. The molecule has 0 N–H and O–H groups in total. The number of halogens is 1. The zero-order valence-corrected chi connectivity index (χ0v) is 7.15. The Hall–Kier alpha value is -0.0800. The van der Waals surface area contributed by atoms with Gasteiger partial charge in [-0.2, -0.15) is 0 Å². The van der Waals surface area contributed by atoms with Crippen LogP contribution in [0.5, 0.6) is 0 Å². The highest BCUT2D eigenvalue weighted by atomic mass is 35.5. The molecule has 0 aromatic heterocycles. The molecule has 0 aromatic carbocycles. The van der Waals surface area contributed by atoms with E-state index in [1.54, 1.807) is 0 Å². The van der Waals surface area contributed by atoms with Gasteiger partial charge in [0.2, 0.25) is 0 Å². The van der Waals surface area contributed by atoms with E-state index in [-0.39, 0.29) is 24.4 Å². The van der Waals surface area contributed by atoms with Crippen molar-refractivity contribution in [3.63, 3.8) is 0 Å². The monoisotopic (exact) mass is 164 g/mol. The highest BCUT2D eigenvalue weighted by Crippen LogP contribution is 1.95. The Morgan fingerprint density at radius 1 is 1.70 bits per heavy atom. The van der Waals surface area contributed by atoms with Crippen molar-refractivity contribution in [1.82, 2.24) is 0 Å². The summed E-state index contributed by atoms with van der Waals surface area (Å²) in [7, 11) is 0. The van der Waals surface area contributed by atoms with Crippen LogP contribution in [0.1, 0.15) is 20.3 Å². The van der Waals surface area contributed by atoms with E-state index < -0.39 is 0 Å². The molecule has 0 radical (unpaired) electrons. The van der Waals surface area contributed by atoms with Crippen molar-refractivity contribution in [3.05, 3.63) is 0 Å². The fourth-order valence-electron chi connectivity index (χ4n) is 0.392. The zero-order chi connectivity index (χ0) is 7.98. The molecule has 2 nitrogen and oxygen atoms in total. The largest absolute Gasteiger partial charge is 0.371 e. The molecule has 0 heterocycles. The van der Waals surface area contributed by atoms with Crippen LogP contribution in [0.25, 0.3) is 0 Å². The topological polar surface area (TPSA) is 26.3 Å². The van der Waals surface area contributed by atoms with Gasteiger partial charge in [0.25, 0.3) is 0 Å². The molecule has 1 atom stereocenters. The van der Waals surface area contributed by atoms with E-state index in [1.807, 2.05) is 13.8 Å². The lowest BCUT2D eigenvalue weighted by atomic mass is 10.3. The van der Waals surface area contributed by atoms with Crippen LogP contribution in [0, 0.1) is 0 Å². The van der Waals surface area contributed by atoms with Gasteiger partial charge < -0.3 is 4.74 Å². The van der Waals surface area contributed by atoms with Gasteiger partial charge >= 0.3 is 0 Å². The first-order valence-corrected chi connectivity index (χ1v) is 3.93. The highest BCUT2D eigenvalue weighted by molar-refractivity contribution is 6.27. The lowest BCUT2D eigenvalue weighted by Gasteiger charge is -2.07. The Bertz CT molecular complexity index is 104. The average molecular weight is 165 g/mol. The number of hydrogen-bond donors (Lipinski definition) is 0. The smallest absolute Gasteiger partial charge is 0.173 e. The fourth-order valence-corrected chi connectivity index (χ4v) is 0.469. The van der Waals surface area contributed by atoms with Crippen molar-refractivity contribution >= 4 is 17.4 Å². The number of ether oxygens (including phenoxy) is 1. The first kappa shape index (κ1) is 9.92. The van der Waals surface area contributed by atoms with E-state index in [0.29, 0.717) is 0 Å². The minimum atomic E-state index is -0.0537. The molecule has 3 heteroatoms. The van der Waals surface area contributed by atoms with E-state index >= 15 is 0 Å². The van der Waals surface area contributed by atoms with Crippen LogP contribution in [-0.2, 0) is 9.53 Å². The second-order valence-corrected chi connectivity index (χ2v) is 2.47. The van der Waals surface area contributed by atoms with Crippen LogP contribution in [0.3, 0.4) is 0 Å². The molecule has 10 heavy (non-hydrogen) atoms. The average Bonchev–Trinajstić information content (AvgIpc) is 1.99. The van der Waals surface area contributed by atoms with E-state index in [9.17, 15) is 4.79 Å². The van der Waals surface area contributed by atoms with Gasteiger partial charge in [0.1, 0.15) is 6.61 Å². The Balaban J connectivity index is 3.26. The number of carbonyl (C=O) groups is 1. The van der Waals surface area contributed by atoms with Crippen molar-refractivity contribution in [3.8, 4) is 0 Å². The predicted molar refractivity (Wildman–Crippen MR) is 41.4 cm³/mol. The fraction of sp³-hybridized carbons (Fsp3) is 0.857. The summed E-state index contributed by atoms with van der Waals surface area (Å²) < 4.78 is 5.11. The van der Waals surface area contributed by atoms with Gasteiger partial charge in [-0.15, -0.1) is 11.6 Å². The van der Waals surface area contributed by atoms with Gasteiger partial charge in [0.05, 0.1) is 12.0 Å². The Labute approximate surface area is 66.5 Å². The van der Waals surface area contributed by atoms with Crippen molar-refractivity contribution in [2.75, 3.05) is 12.5 Å². The third-order valence-electron chi connectivity index (χ3n) is 1.25. The molecule has 0 saturated heterocycles. The second-order valence-electron chi connectivity index (χ2n) is 2.20. The zero-order valence-electron chi connectivity index (χ0n) is 6.39. The van der Waals surface area contributed by atoms with Crippen molar-refractivity contribution < 1.29 is 9.53 Å². The van der Waals surface area contributed by atoms with Crippen LogP contribution in [-0.4, -0.2) is 24.4 Å². The number of carbonyl (C=O) groups excluding carboxylic acids is 1. The molecule has 0 fully saturated rings. The molecule has 0 bridgehead atoms. The summed E-state index contributed by atoms with van der Waals surface area (Å²) in [6, 6.07) is 0. The van der Waals surface area contributed by atoms with E-state index in [1.165, 1.54) is 0 Å². The molecular formula is C7H13ClO2. The molecule has 0 amide bonds. The van der Waals surface area contributed by atoms with Gasteiger partial charge in [-0.1, -0.05) is 6.92 Å². The number of ketones is 1. The third-order valence-corrected chi connectivity index (χ3v) is 1.55. The first-order valence-electron chi connectivity index (χ1n) is 3.40. The summed E-state index contributed by atoms with van der Waals surface area (Å²) in [6.45, 7) is 4.09. The quantitative estimate of drug-likeness (QED) is 0.578. The number of alkyl halides is 1. The van der Waals surface area contributed by atoms with Gasteiger partial charge in [-0.05, 0) is 13.3 Å². The van der Waals surface area contributed by atoms with Crippen LogP contribution < -0.4 is 0 Å². The molecule has 0 aliphatic carbocycles. The molecule has 1 unspecified atom stereocenters. The predicted octanol–water partition coefficient (Wildman–Crippen LogP) is 1.61. The Morgan fingerprint density at radius 2 is 2.30 bits per heavy atom. The van der Waals surface area contributed by atoms with Crippen molar-refractivity contribution in [2.24, 2.45) is 0 Å². The van der Waals surface area contributed by atoms with Crippen LogP contribution in [0.4, 0.5) is 0 Å². The SMILES string of the molecule is CCC(C)OCC(=O)CCl. The third kappa shape index (κ3) is 4.77. The van der Waals surface area contributed by atoms with Gasteiger partial charge in [-0.25, -0.2) is 0 Å². The molecular weight excluding hydrogens is 152 g/mol. The molecule has 0 rings (SSSR count). The number of rotatable bonds is 5. The summed E-state index contributed by atoms with van der Waals surface area (Å²) in [6.07, 6.45) is 1.09. The van der Waals surface area contributed by atoms with Crippen LogP contribution in [0.15, 0.2) is 0 Å². The second kappa shape index (κ2) is 5.69. The molecule has 0 aliphatic heterocycles. The summed E-state index contributed by atoms with van der Waals surface area (Å²) >= 11 is 5.25. The lowest BCUT2D eigenvalue weighted by Crippen LogP contribution is -2.15. The number of Topliss-reactive ketones (excluding diaryl/α,β-unsaturated/α-hetero) is 1. The first-order chi connectivity index (χ1) is 4.70. The Kier molecular flexibility index (Phi) is 5.64. The summed E-state index contributed by atoms with van der Waals surface area (Å²) in [5.74, 6) is -0.00172.